The molecule has 1 aromatic carbocycles. The van der Waals surface area contributed by atoms with Gasteiger partial charge in [0.1, 0.15) is 17.8 Å². The monoisotopic (exact) mass is 215 g/mol. The number of halogens is 1. The average Bonchev–Trinajstić information content (AvgIpc) is 2.74. The van der Waals surface area contributed by atoms with E-state index in [1.165, 1.54) is 18.5 Å². The summed E-state index contributed by atoms with van der Waals surface area (Å²) in [6.07, 6.45) is 4.96. The quantitative estimate of drug-likeness (QED) is 0.623. The number of aromatic amines is 1. The largest absolute Gasteiger partial charge is 0.269 e. The number of hydrogen-bond donors (Lipinski definition) is 1. The van der Waals surface area contributed by atoms with Crippen molar-refractivity contribution < 1.29 is 8.96 Å². The SMILES string of the molecule is Fc1ccc(-[n+]2c[nH]c3ncncc32)cc1. The fourth-order valence-electron chi connectivity index (χ4n) is 1.62. The number of imidazole rings is 1. The van der Waals surface area contributed by atoms with Crippen molar-refractivity contribution in [2.45, 2.75) is 0 Å². The first-order valence-electron chi connectivity index (χ1n) is 4.79. The maximum absolute atomic E-state index is 12.8. The van der Waals surface area contributed by atoms with Crippen LogP contribution >= 0.6 is 0 Å². The second kappa shape index (κ2) is 3.37. The summed E-state index contributed by atoms with van der Waals surface area (Å²) in [5, 5.41) is 0. The summed E-state index contributed by atoms with van der Waals surface area (Å²) in [6, 6.07) is 6.25. The number of nitrogens with zero attached hydrogens (tertiary/aromatic N) is 3. The standard InChI is InChI=1S/C11H7FN4/c12-8-1-3-9(4-2-8)16-7-15-11-10(16)5-13-6-14-11/h1-7H/p+1. The third-order valence-electron chi connectivity index (χ3n) is 2.39. The van der Waals surface area contributed by atoms with Gasteiger partial charge in [0.25, 0.3) is 5.65 Å². The van der Waals surface area contributed by atoms with Crippen molar-refractivity contribution >= 4 is 11.2 Å². The Morgan fingerprint density at radius 3 is 2.81 bits per heavy atom. The molecule has 0 unspecified atom stereocenters. The van der Waals surface area contributed by atoms with Crippen LogP contribution in [0.2, 0.25) is 0 Å². The lowest BCUT2D eigenvalue weighted by Crippen LogP contribution is -2.28. The zero-order valence-corrected chi connectivity index (χ0v) is 8.26. The van der Waals surface area contributed by atoms with E-state index in [-0.39, 0.29) is 5.82 Å². The van der Waals surface area contributed by atoms with Crippen molar-refractivity contribution in [3.63, 3.8) is 0 Å². The van der Waals surface area contributed by atoms with Crippen molar-refractivity contribution in [1.82, 2.24) is 15.0 Å². The number of nitrogens with one attached hydrogen (secondary N) is 1. The van der Waals surface area contributed by atoms with E-state index in [9.17, 15) is 4.39 Å². The molecule has 0 radical (unpaired) electrons. The van der Waals surface area contributed by atoms with Crippen LogP contribution in [0.1, 0.15) is 0 Å². The Hall–Kier alpha value is -2.30. The van der Waals surface area contributed by atoms with Crippen LogP contribution in [0.5, 0.6) is 0 Å². The van der Waals surface area contributed by atoms with E-state index in [0.29, 0.717) is 0 Å². The van der Waals surface area contributed by atoms with Gasteiger partial charge >= 0.3 is 0 Å². The summed E-state index contributed by atoms with van der Waals surface area (Å²) in [5.74, 6) is -0.250. The first-order valence-corrected chi connectivity index (χ1v) is 4.79. The minimum Gasteiger partial charge on any atom is -0.240 e. The Bertz CT molecular complexity index is 630. The number of aromatic nitrogens is 4. The van der Waals surface area contributed by atoms with Crippen LogP contribution in [-0.4, -0.2) is 15.0 Å². The minimum absolute atomic E-state index is 0.250. The maximum atomic E-state index is 12.8. The first kappa shape index (κ1) is 8.96. The van der Waals surface area contributed by atoms with Crippen LogP contribution in [-0.2, 0) is 0 Å². The molecule has 16 heavy (non-hydrogen) atoms. The summed E-state index contributed by atoms with van der Waals surface area (Å²) in [5.41, 5.74) is 2.47. The van der Waals surface area contributed by atoms with E-state index in [0.717, 1.165) is 16.9 Å². The third-order valence-corrected chi connectivity index (χ3v) is 2.39. The van der Waals surface area contributed by atoms with Gasteiger partial charge in [0, 0.05) is 0 Å². The molecule has 0 fully saturated rings. The molecule has 0 aliphatic heterocycles. The number of benzene rings is 1. The molecule has 2 aromatic heterocycles. The van der Waals surface area contributed by atoms with Crippen molar-refractivity contribution in [3.05, 3.63) is 48.9 Å². The second-order valence-electron chi connectivity index (χ2n) is 3.38. The van der Waals surface area contributed by atoms with Gasteiger partial charge in [-0.15, -0.1) is 0 Å². The van der Waals surface area contributed by atoms with E-state index in [1.54, 1.807) is 24.7 Å². The lowest BCUT2D eigenvalue weighted by Gasteiger charge is -1.95. The van der Waals surface area contributed by atoms with Crippen molar-refractivity contribution in [1.29, 1.82) is 0 Å². The molecule has 3 rings (SSSR count). The Morgan fingerprint density at radius 2 is 2.00 bits per heavy atom. The summed E-state index contributed by atoms with van der Waals surface area (Å²) < 4.78 is 14.7. The lowest BCUT2D eigenvalue weighted by molar-refractivity contribution is -0.567. The fourth-order valence-corrected chi connectivity index (χ4v) is 1.62. The van der Waals surface area contributed by atoms with E-state index in [2.05, 4.69) is 15.0 Å². The third kappa shape index (κ3) is 1.33. The number of H-pyrrole nitrogens is 1. The maximum Gasteiger partial charge on any atom is 0.269 e. The Kier molecular flexibility index (Phi) is 1.89. The summed E-state index contributed by atoms with van der Waals surface area (Å²) in [6.45, 7) is 0. The second-order valence-corrected chi connectivity index (χ2v) is 3.38. The lowest BCUT2D eigenvalue weighted by atomic mass is 10.3. The molecule has 5 heteroatoms. The smallest absolute Gasteiger partial charge is 0.240 e. The Morgan fingerprint density at radius 1 is 1.19 bits per heavy atom. The molecule has 0 saturated heterocycles. The highest BCUT2D eigenvalue weighted by molar-refractivity contribution is 5.64. The van der Waals surface area contributed by atoms with Gasteiger partial charge in [0.05, 0.1) is 6.20 Å². The number of fused-ring (bicyclic) bond motifs is 1. The van der Waals surface area contributed by atoms with Crippen LogP contribution in [0.3, 0.4) is 0 Å². The predicted molar refractivity (Wildman–Crippen MR) is 55.4 cm³/mol. The van der Waals surface area contributed by atoms with Crippen LogP contribution < -0.4 is 4.57 Å². The highest BCUT2D eigenvalue weighted by Gasteiger charge is 2.12. The molecular formula is C11H8FN4+. The molecule has 0 saturated carbocycles. The van der Waals surface area contributed by atoms with Gasteiger partial charge in [-0.3, -0.25) is 0 Å². The van der Waals surface area contributed by atoms with E-state index >= 15 is 0 Å². The van der Waals surface area contributed by atoms with Gasteiger partial charge in [-0.1, -0.05) is 0 Å². The molecule has 0 bridgehead atoms. The van der Waals surface area contributed by atoms with Gasteiger partial charge < -0.3 is 0 Å². The minimum atomic E-state index is -0.250. The fraction of sp³-hybridized carbons (Fsp3) is 0. The molecule has 4 nitrogen and oxygen atoms in total. The van der Waals surface area contributed by atoms with Crippen molar-refractivity contribution in [2.75, 3.05) is 0 Å². The number of hydrogen-bond acceptors (Lipinski definition) is 2. The number of rotatable bonds is 1. The molecule has 1 N–H and O–H groups in total. The molecule has 0 aliphatic rings. The molecular weight excluding hydrogens is 207 g/mol. The summed E-state index contributed by atoms with van der Waals surface area (Å²) in [7, 11) is 0. The van der Waals surface area contributed by atoms with Crippen LogP contribution in [0.4, 0.5) is 4.39 Å². The highest BCUT2D eigenvalue weighted by Crippen LogP contribution is 2.07. The van der Waals surface area contributed by atoms with Crippen molar-refractivity contribution in [2.24, 2.45) is 0 Å². The molecule has 0 spiro atoms. The molecule has 0 atom stereocenters. The molecule has 78 valence electrons. The summed E-state index contributed by atoms with van der Waals surface area (Å²) in [4.78, 5) is 11.1. The van der Waals surface area contributed by atoms with Crippen LogP contribution in [0, 0.1) is 5.82 Å². The Balaban J connectivity index is 2.22. The van der Waals surface area contributed by atoms with Crippen molar-refractivity contribution in [3.8, 4) is 5.69 Å². The van der Waals surface area contributed by atoms with Crippen LogP contribution in [0.15, 0.2) is 43.1 Å². The highest BCUT2D eigenvalue weighted by atomic mass is 19.1. The molecule has 0 aliphatic carbocycles. The molecule has 3 aromatic rings. The van der Waals surface area contributed by atoms with E-state index < -0.39 is 0 Å². The van der Waals surface area contributed by atoms with Gasteiger partial charge in [0.15, 0.2) is 0 Å². The van der Waals surface area contributed by atoms with Gasteiger partial charge in [-0.25, -0.2) is 14.4 Å². The first-order chi connectivity index (χ1) is 7.84. The topological polar surface area (TPSA) is 45.5 Å². The summed E-state index contributed by atoms with van der Waals surface area (Å²) >= 11 is 0. The Labute approximate surface area is 90.4 Å². The zero-order chi connectivity index (χ0) is 11.0. The van der Waals surface area contributed by atoms with E-state index in [4.69, 9.17) is 0 Å². The normalized spacial score (nSPS) is 10.8. The van der Waals surface area contributed by atoms with Gasteiger partial charge in [-0.2, -0.15) is 9.55 Å². The molecule has 0 amide bonds. The van der Waals surface area contributed by atoms with E-state index in [1.807, 2.05) is 4.57 Å². The van der Waals surface area contributed by atoms with Crippen LogP contribution in [0.25, 0.3) is 16.9 Å². The van der Waals surface area contributed by atoms with Gasteiger partial charge in [0.2, 0.25) is 11.8 Å². The van der Waals surface area contributed by atoms with Gasteiger partial charge in [-0.05, 0) is 24.3 Å². The predicted octanol–water partition coefficient (Wildman–Crippen LogP) is 1.37. The zero-order valence-electron chi connectivity index (χ0n) is 8.26. The average molecular weight is 215 g/mol. The molecule has 2 heterocycles.